The normalized spacial score (nSPS) is 14.3. The third kappa shape index (κ3) is 5.78. The summed E-state index contributed by atoms with van der Waals surface area (Å²) in [5.74, 6) is 0.713. The van der Waals surface area contributed by atoms with Gasteiger partial charge in [-0.1, -0.05) is 0 Å². The summed E-state index contributed by atoms with van der Waals surface area (Å²) in [6.07, 6.45) is -7.74. The van der Waals surface area contributed by atoms with Crippen LogP contribution >= 0.6 is 11.8 Å². The van der Waals surface area contributed by atoms with E-state index in [1.165, 1.54) is 11.8 Å². The third-order valence-electron chi connectivity index (χ3n) is 2.72. The van der Waals surface area contributed by atoms with Gasteiger partial charge in [0.15, 0.2) is 0 Å². The summed E-state index contributed by atoms with van der Waals surface area (Å²) in [4.78, 5) is 0. The van der Waals surface area contributed by atoms with Gasteiger partial charge in [-0.15, -0.1) is 0 Å². The van der Waals surface area contributed by atoms with Crippen molar-refractivity contribution in [1.82, 2.24) is 5.32 Å². The van der Waals surface area contributed by atoms with Crippen LogP contribution in [0.25, 0.3) is 0 Å². The molecule has 1 rings (SSSR count). The first kappa shape index (κ1) is 18.2. The van der Waals surface area contributed by atoms with E-state index in [1.807, 2.05) is 13.2 Å². The predicted octanol–water partition coefficient (Wildman–Crippen LogP) is 4.57. The highest BCUT2D eigenvalue weighted by atomic mass is 32.2. The molecule has 1 aromatic carbocycles. The molecule has 0 bridgehead atoms. The van der Waals surface area contributed by atoms with Crippen molar-refractivity contribution in [1.29, 1.82) is 0 Å². The van der Waals surface area contributed by atoms with Gasteiger partial charge in [0.2, 0.25) is 0 Å². The fourth-order valence-corrected chi connectivity index (χ4v) is 2.34. The Morgan fingerprint density at radius 3 is 1.86 bits per heavy atom. The lowest BCUT2D eigenvalue weighted by Crippen LogP contribution is -2.28. The van der Waals surface area contributed by atoms with Crippen molar-refractivity contribution in [3.8, 4) is 0 Å². The molecule has 0 radical (unpaired) electrons. The van der Waals surface area contributed by atoms with Gasteiger partial charge in [-0.25, -0.2) is 0 Å². The largest absolute Gasteiger partial charge is 0.416 e. The zero-order chi connectivity index (χ0) is 16.3. The summed E-state index contributed by atoms with van der Waals surface area (Å²) in [6, 6.07) is 1.61. The maximum Gasteiger partial charge on any atom is 0.416 e. The average Bonchev–Trinajstić information content (AvgIpc) is 2.34. The minimum absolute atomic E-state index is 0.0103. The van der Waals surface area contributed by atoms with E-state index in [-0.39, 0.29) is 24.2 Å². The smallest absolute Gasteiger partial charge is 0.309 e. The SMILES string of the molecule is CSCC(C)NCc1cc(C(F)(F)F)cc(C(F)(F)F)c1. The molecule has 21 heavy (non-hydrogen) atoms. The van der Waals surface area contributed by atoms with E-state index in [1.54, 1.807) is 0 Å². The second-order valence-corrected chi connectivity index (χ2v) is 5.56. The summed E-state index contributed by atoms with van der Waals surface area (Å²) in [7, 11) is 0. The fourth-order valence-electron chi connectivity index (χ4n) is 1.72. The van der Waals surface area contributed by atoms with Gasteiger partial charge in [0.05, 0.1) is 11.1 Å². The second kappa shape index (κ2) is 6.91. The lowest BCUT2D eigenvalue weighted by Gasteiger charge is -2.16. The van der Waals surface area contributed by atoms with E-state index in [2.05, 4.69) is 5.32 Å². The molecule has 0 fully saturated rings. The quantitative estimate of drug-likeness (QED) is 0.794. The predicted molar refractivity (Wildman–Crippen MR) is 71.1 cm³/mol. The lowest BCUT2D eigenvalue weighted by molar-refractivity contribution is -0.143. The van der Waals surface area contributed by atoms with Crippen LogP contribution in [0.5, 0.6) is 0 Å². The van der Waals surface area contributed by atoms with Gasteiger partial charge < -0.3 is 5.32 Å². The Balaban J connectivity index is 3.03. The van der Waals surface area contributed by atoms with Crippen molar-refractivity contribution in [3.05, 3.63) is 34.9 Å². The highest BCUT2D eigenvalue weighted by molar-refractivity contribution is 7.98. The molecule has 1 N–H and O–H groups in total. The molecular weight excluding hydrogens is 316 g/mol. The Kier molecular flexibility index (Phi) is 5.98. The molecule has 1 nitrogen and oxygen atoms in total. The van der Waals surface area contributed by atoms with Crippen LogP contribution in [0.1, 0.15) is 23.6 Å². The van der Waals surface area contributed by atoms with E-state index in [9.17, 15) is 26.3 Å². The third-order valence-corrected chi connectivity index (χ3v) is 3.55. The summed E-state index contributed by atoms with van der Waals surface area (Å²) >= 11 is 1.54. The Morgan fingerprint density at radius 1 is 1.00 bits per heavy atom. The first-order valence-electron chi connectivity index (χ1n) is 6.04. The monoisotopic (exact) mass is 331 g/mol. The van der Waals surface area contributed by atoms with E-state index in [0.717, 1.165) is 12.1 Å². The van der Waals surface area contributed by atoms with E-state index in [0.29, 0.717) is 5.75 Å². The maximum atomic E-state index is 12.7. The molecule has 8 heteroatoms. The Labute approximate surface area is 123 Å². The molecule has 0 aliphatic carbocycles. The van der Waals surface area contributed by atoms with Crippen LogP contribution in [0.3, 0.4) is 0 Å². The molecule has 1 unspecified atom stereocenters. The van der Waals surface area contributed by atoms with Gasteiger partial charge in [-0.05, 0) is 36.9 Å². The molecular formula is C13H15F6NS. The van der Waals surface area contributed by atoms with Crippen LogP contribution in [0, 0.1) is 0 Å². The van der Waals surface area contributed by atoms with Crippen LogP contribution in [0.15, 0.2) is 18.2 Å². The summed E-state index contributed by atoms with van der Waals surface area (Å²) in [5.41, 5.74) is -2.61. The minimum atomic E-state index is -4.80. The Bertz CT molecular complexity index is 436. The molecule has 1 aromatic rings. The van der Waals surface area contributed by atoms with Crippen molar-refractivity contribution in [2.75, 3.05) is 12.0 Å². The zero-order valence-electron chi connectivity index (χ0n) is 11.4. The first-order chi connectivity index (χ1) is 9.54. The number of nitrogens with one attached hydrogen (secondary N) is 1. The molecule has 0 aliphatic rings. The molecule has 0 saturated carbocycles. The summed E-state index contributed by atoms with van der Waals surface area (Å²) in [6.45, 7) is 1.77. The number of benzene rings is 1. The molecule has 120 valence electrons. The van der Waals surface area contributed by atoms with Crippen LogP contribution in [0.2, 0.25) is 0 Å². The van der Waals surface area contributed by atoms with Crippen LogP contribution in [-0.4, -0.2) is 18.1 Å². The number of halogens is 6. The van der Waals surface area contributed by atoms with Gasteiger partial charge in [-0.2, -0.15) is 38.1 Å². The van der Waals surface area contributed by atoms with Crippen LogP contribution < -0.4 is 5.32 Å². The number of thioether (sulfide) groups is 1. The van der Waals surface area contributed by atoms with Gasteiger partial charge in [0.25, 0.3) is 0 Å². The number of hydrogen-bond donors (Lipinski definition) is 1. The van der Waals surface area contributed by atoms with Gasteiger partial charge in [-0.3, -0.25) is 0 Å². The van der Waals surface area contributed by atoms with Crippen LogP contribution in [0.4, 0.5) is 26.3 Å². The maximum absolute atomic E-state index is 12.7. The standard InChI is InChI=1S/C13H15F6NS/c1-8(7-21-2)20-6-9-3-10(12(14,15)16)5-11(4-9)13(17,18)19/h3-5,8,20H,6-7H2,1-2H3. The lowest BCUT2D eigenvalue weighted by atomic mass is 10.0. The fraction of sp³-hybridized carbons (Fsp3) is 0.538. The van der Waals surface area contributed by atoms with Crippen molar-refractivity contribution < 1.29 is 26.3 Å². The average molecular weight is 331 g/mol. The number of rotatable bonds is 5. The Hall–Kier alpha value is -0.890. The van der Waals surface area contributed by atoms with Crippen molar-refractivity contribution in [3.63, 3.8) is 0 Å². The highest BCUT2D eigenvalue weighted by Gasteiger charge is 2.36. The molecule has 0 saturated heterocycles. The number of hydrogen-bond acceptors (Lipinski definition) is 2. The van der Waals surface area contributed by atoms with Gasteiger partial charge in [0.1, 0.15) is 0 Å². The molecule has 0 spiro atoms. The van der Waals surface area contributed by atoms with E-state index < -0.39 is 23.5 Å². The Morgan fingerprint density at radius 2 is 1.48 bits per heavy atom. The first-order valence-corrected chi connectivity index (χ1v) is 7.44. The van der Waals surface area contributed by atoms with E-state index in [4.69, 9.17) is 0 Å². The second-order valence-electron chi connectivity index (χ2n) is 4.65. The molecule has 0 amide bonds. The van der Waals surface area contributed by atoms with E-state index >= 15 is 0 Å². The molecule has 0 heterocycles. The summed E-state index contributed by atoms with van der Waals surface area (Å²) in [5, 5.41) is 2.90. The minimum Gasteiger partial charge on any atom is -0.309 e. The van der Waals surface area contributed by atoms with Crippen molar-refractivity contribution in [2.24, 2.45) is 0 Å². The zero-order valence-corrected chi connectivity index (χ0v) is 12.2. The molecule has 0 aliphatic heterocycles. The van der Waals surface area contributed by atoms with Crippen LogP contribution in [-0.2, 0) is 18.9 Å². The molecule has 1 atom stereocenters. The molecule has 0 aromatic heterocycles. The number of alkyl halides is 6. The topological polar surface area (TPSA) is 12.0 Å². The van der Waals surface area contributed by atoms with Gasteiger partial charge in [0, 0.05) is 18.3 Å². The van der Waals surface area contributed by atoms with Crippen molar-refractivity contribution >= 4 is 11.8 Å². The van der Waals surface area contributed by atoms with Crippen molar-refractivity contribution in [2.45, 2.75) is 31.9 Å². The highest BCUT2D eigenvalue weighted by Crippen LogP contribution is 2.36. The summed E-state index contributed by atoms with van der Waals surface area (Å²) < 4.78 is 76.0. The van der Waals surface area contributed by atoms with Gasteiger partial charge >= 0.3 is 12.4 Å².